The highest BCUT2D eigenvalue weighted by atomic mass is 16.5. The Morgan fingerprint density at radius 2 is 1.96 bits per heavy atom. The van der Waals surface area contributed by atoms with Gasteiger partial charge in [-0.05, 0) is 37.4 Å². The molecule has 0 unspecified atom stereocenters. The van der Waals surface area contributed by atoms with Gasteiger partial charge in [0, 0.05) is 34.3 Å². The summed E-state index contributed by atoms with van der Waals surface area (Å²) in [5.74, 6) is 1.70. The highest BCUT2D eigenvalue weighted by Gasteiger charge is 2.19. The fourth-order valence-corrected chi connectivity index (χ4v) is 2.98. The molecule has 0 spiro atoms. The van der Waals surface area contributed by atoms with Gasteiger partial charge in [0.1, 0.15) is 0 Å². The van der Waals surface area contributed by atoms with Crippen molar-refractivity contribution in [1.29, 1.82) is 0 Å². The number of ether oxygens (including phenoxy) is 1. The Labute approximate surface area is 146 Å². The van der Waals surface area contributed by atoms with E-state index in [0.717, 1.165) is 38.1 Å². The van der Waals surface area contributed by atoms with Crippen molar-refractivity contribution >= 4 is 5.96 Å². The summed E-state index contributed by atoms with van der Waals surface area (Å²) in [5, 5.41) is 3.55. The van der Waals surface area contributed by atoms with Crippen molar-refractivity contribution in [3.8, 4) is 0 Å². The molecule has 0 aromatic heterocycles. The van der Waals surface area contributed by atoms with Gasteiger partial charge >= 0.3 is 0 Å². The number of rotatable bonds is 7. The highest BCUT2D eigenvalue weighted by Crippen LogP contribution is 2.16. The number of piperidine rings is 1. The first-order chi connectivity index (χ1) is 11.7. The summed E-state index contributed by atoms with van der Waals surface area (Å²) >= 11 is 0. The topological polar surface area (TPSA) is 40.1 Å². The lowest BCUT2D eigenvalue weighted by molar-refractivity contribution is 0.120. The van der Waals surface area contributed by atoms with Gasteiger partial charge in [0.05, 0.1) is 13.2 Å². The first kappa shape index (κ1) is 18.7. The van der Waals surface area contributed by atoms with Crippen LogP contribution >= 0.6 is 0 Å². The van der Waals surface area contributed by atoms with Gasteiger partial charge < -0.3 is 19.9 Å². The Balaban J connectivity index is 1.76. The van der Waals surface area contributed by atoms with E-state index in [4.69, 9.17) is 9.73 Å². The largest absolute Gasteiger partial charge is 0.383 e. The third kappa shape index (κ3) is 6.49. The van der Waals surface area contributed by atoms with Gasteiger partial charge in [-0.25, -0.2) is 4.99 Å². The number of likely N-dealkylation sites (tertiary alicyclic amines) is 1. The van der Waals surface area contributed by atoms with E-state index in [0.29, 0.717) is 0 Å². The van der Waals surface area contributed by atoms with Gasteiger partial charge in [0.15, 0.2) is 5.96 Å². The summed E-state index contributed by atoms with van der Waals surface area (Å²) in [7, 11) is 5.86. The molecule has 5 heteroatoms. The van der Waals surface area contributed by atoms with Crippen molar-refractivity contribution in [2.45, 2.75) is 19.4 Å². The van der Waals surface area contributed by atoms with Crippen LogP contribution in [0.2, 0.25) is 0 Å². The summed E-state index contributed by atoms with van der Waals surface area (Å²) in [6.07, 6.45) is 2.49. The summed E-state index contributed by atoms with van der Waals surface area (Å²) in [6.45, 7) is 5.96. The summed E-state index contributed by atoms with van der Waals surface area (Å²) in [6, 6.07) is 10.4. The van der Waals surface area contributed by atoms with Crippen LogP contribution in [-0.2, 0) is 11.3 Å². The average molecular weight is 332 g/mol. The fraction of sp³-hybridized carbons (Fsp3) is 0.632. The number of benzene rings is 1. The summed E-state index contributed by atoms with van der Waals surface area (Å²) in [5.41, 5.74) is 1.24. The molecule has 0 saturated carbocycles. The van der Waals surface area contributed by atoms with Gasteiger partial charge in [0.25, 0.3) is 0 Å². The van der Waals surface area contributed by atoms with Crippen LogP contribution in [0.3, 0.4) is 0 Å². The molecule has 1 aromatic carbocycles. The molecule has 2 rings (SSSR count). The summed E-state index contributed by atoms with van der Waals surface area (Å²) in [4.78, 5) is 9.30. The van der Waals surface area contributed by atoms with Gasteiger partial charge in [0.2, 0.25) is 0 Å². The molecule has 0 radical (unpaired) electrons. The molecule has 0 bridgehead atoms. The van der Waals surface area contributed by atoms with E-state index in [1.807, 2.05) is 20.2 Å². The lowest BCUT2D eigenvalue weighted by Crippen LogP contribution is -2.43. The lowest BCUT2D eigenvalue weighted by Gasteiger charge is -2.32. The van der Waals surface area contributed by atoms with Crippen molar-refractivity contribution in [2.24, 2.45) is 10.9 Å². The third-order valence-corrected chi connectivity index (χ3v) is 4.55. The quantitative estimate of drug-likeness (QED) is 0.613. The van der Waals surface area contributed by atoms with Gasteiger partial charge in [-0.15, -0.1) is 0 Å². The van der Waals surface area contributed by atoms with Gasteiger partial charge in [-0.2, -0.15) is 0 Å². The second-order valence-corrected chi connectivity index (χ2v) is 6.68. The zero-order chi connectivity index (χ0) is 17.2. The van der Waals surface area contributed by atoms with E-state index < -0.39 is 0 Å². The molecular weight excluding hydrogens is 300 g/mol. The van der Waals surface area contributed by atoms with Crippen LogP contribution in [0.25, 0.3) is 0 Å². The smallest absolute Gasteiger partial charge is 0.193 e. The molecule has 1 aliphatic heterocycles. The molecule has 0 aliphatic carbocycles. The van der Waals surface area contributed by atoms with Crippen molar-refractivity contribution in [2.75, 3.05) is 54.0 Å². The van der Waals surface area contributed by atoms with E-state index in [2.05, 4.69) is 39.4 Å². The maximum Gasteiger partial charge on any atom is 0.193 e. The minimum atomic E-state index is 0.719. The highest BCUT2D eigenvalue weighted by molar-refractivity contribution is 5.79. The number of guanidine groups is 1. The molecule has 1 N–H and O–H groups in total. The number of hydrogen-bond acceptors (Lipinski definition) is 3. The Morgan fingerprint density at radius 3 is 2.58 bits per heavy atom. The normalized spacial score (nSPS) is 17.0. The average Bonchev–Trinajstić information content (AvgIpc) is 2.61. The Bertz CT molecular complexity index is 481. The van der Waals surface area contributed by atoms with Crippen molar-refractivity contribution in [3.63, 3.8) is 0 Å². The molecule has 0 amide bonds. The van der Waals surface area contributed by atoms with Crippen LogP contribution in [0.1, 0.15) is 18.4 Å². The van der Waals surface area contributed by atoms with Crippen LogP contribution in [0.15, 0.2) is 35.3 Å². The first-order valence-corrected chi connectivity index (χ1v) is 8.90. The maximum absolute atomic E-state index is 5.16. The van der Waals surface area contributed by atoms with Crippen molar-refractivity contribution in [1.82, 2.24) is 15.1 Å². The minimum Gasteiger partial charge on any atom is -0.383 e. The lowest BCUT2D eigenvalue weighted by atomic mass is 9.97. The monoisotopic (exact) mass is 332 g/mol. The SMILES string of the molecule is COCCN1CCC(CNC(=NCc2ccccc2)N(C)C)CC1. The van der Waals surface area contributed by atoms with Crippen LogP contribution in [0, 0.1) is 5.92 Å². The molecule has 5 nitrogen and oxygen atoms in total. The van der Waals surface area contributed by atoms with Gasteiger partial charge in [-0.1, -0.05) is 30.3 Å². The second-order valence-electron chi connectivity index (χ2n) is 6.68. The Morgan fingerprint density at radius 1 is 1.25 bits per heavy atom. The van der Waals surface area contributed by atoms with Crippen LogP contribution < -0.4 is 5.32 Å². The van der Waals surface area contributed by atoms with E-state index in [1.165, 1.54) is 31.5 Å². The zero-order valence-electron chi connectivity index (χ0n) is 15.4. The fourth-order valence-electron chi connectivity index (χ4n) is 2.98. The molecular formula is C19H32N4O. The van der Waals surface area contributed by atoms with Crippen LogP contribution in [-0.4, -0.2) is 69.8 Å². The third-order valence-electron chi connectivity index (χ3n) is 4.55. The predicted molar refractivity (Wildman–Crippen MR) is 100 cm³/mol. The van der Waals surface area contributed by atoms with Crippen molar-refractivity contribution in [3.05, 3.63) is 35.9 Å². The van der Waals surface area contributed by atoms with Crippen LogP contribution in [0.5, 0.6) is 0 Å². The Kier molecular flexibility index (Phi) is 8.05. The zero-order valence-corrected chi connectivity index (χ0v) is 15.4. The minimum absolute atomic E-state index is 0.719. The van der Waals surface area contributed by atoms with E-state index in [9.17, 15) is 0 Å². The number of nitrogens with zero attached hydrogens (tertiary/aromatic N) is 3. The van der Waals surface area contributed by atoms with E-state index in [1.54, 1.807) is 7.11 Å². The van der Waals surface area contributed by atoms with Crippen LogP contribution in [0.4, 0.5) is 0 Å². The molecule has 1 fully saturated rings. The molecule has 0 atom stereocenters. The number of hydrogen-bond donors (Lipinski definition) is 1. The molecule has 1 saturated heterocycles. The van der Waals surface area contributed by atoms with E-state index in [-0.39, 0.29) is 0 Å². The van der Waals surface area contributed by atoms with Gasteiger partial charge in [-0.3, -0.25) is 0 Å². The molecule has 1 aromatic rings. The van der Waals surface area contributed by atoms with E-state index >= 15 is 0 Å². The number of nitrogens with one attached hydrogen (secondary N) is 1. The number of aliphatic imine (C=N–C) groups is 1. The maximum atomic E-state index is 5.16. The Hall–Kier alpha value is -1.59. The molecule has 24 heavy (non-hydrogen) atoms. The molecule has 1 aliphatic rings. The second kappa shape index (κ2) is 10.3. The number of methoxy groups -OCH3 is 1. The molecule has 134 valence electrons. The standard InChI is InChI=1S/C19H32N4O/c1-22(2)19(20-15-17-7-5-4-6-8-17)21-16-18-9-11-23(12-10-18)13-14-24-3/h4-8,18H,9-16H2,1-3H3,(H,20,21). The predicted octanol–water partition coefficient (Wildman–Crippen LogP) is 2.05. The van der Waals surface area contributed by atoms with Crippen molar-refractivity contribution < 1.29 is 4.74 Å². The molecule has 1 heterocycles. The summed E-state index contributed by atoms with van der Waals surface area (Å²) < 4.78 is 5.16. The first-order valence-electron chi connectivity index (χ1n) is 8.90.